The molecule has 0 aliphatic heterocycles. The average Bonchev–Trinajstić information content (AvgIpc) is 3.53. The van der Waals surface area contributed by atoms with Gasteiger partial charge in [0.25, 0.3) is 11.8 Å². The highest BCUT2D eigenvalue weighted by Crippen LogP contribution is 2.29. The van der Waals surface area contributed by atoms with Gasteiger partial charge in [0.05, 0.1) is 19.5 Å². The predicted molar refractivity (Wildman–Crippen MR) is 179 cm³/mol. The van der Waals surface area contributed by atoms with E-state index in [0.717, 1.165) is 15.8 Å². The van der Waals surface area contributed by atoms with Crippen LogP contribution in [-0.2, 0) is 9.59 Å². The van der Waals surface area contributed by atoms with Crippen molar-refractivity contribution in [3.05, 3.63) is 120 Å². The summed E-state index contributed by atoms with van der Waals surface area (Å²) in [7, 11) is 3.06. The van der Waals surface area contributed by atoms with Crippen LogP contribution in [0.25, 0.3) is 17.0 Å². The number of carbonyl (C=O) groups is 3. The first-order chi connectivity index (χ1) is 21.8. The van der Waals surface area contributed by atoms with Gasteiger partial charge in [0, 0.05) is 33.5 Å². The van der Waals surface area contributed by atoms with Crippen LogP contribution < -0.4 is 25.4 Å². The number of fused-ring (bicyclic) bond motifs is 1. The van der Waals surface area contributed by atoms with Gasteiger partial charge in [-0.1, -0.05) is 36.4 Å². The van der Waals surface area contributed by atoms with E-state index in [4.69, 9.17) is 9.47 Å². The molecule has 4 aromatic carbocycles. The maximum Gasteiger partial charge on any atom is 0.272 e. The lowest BCUT2D eigenvalue weighted by Crippen LogP contribution is -2.30. The second-order valence-corrected chi connectivity index (χ2v) is 11.4. The van der Waals surface area contributed by atoms with E-state index in [0.29, 0.717) is 34.0 Å². The number of rotatable bonds is 11. The number of aromatic amines is 1. The number of aromatic nitrogens is 1. The smallest absolute Gasteiger partial charge is 0.272 e. The molecule has 1 heterocycles. The molecular formula is C35H32N4O5S. The molecule has 0 spiro atoms. The molecule has 3 amide bonds. The normalized spacial score (nSPS) is 11.8. The molecule has 0 radical (unpaired) electrons. The number of methoxy groups -OCH3 is 2. The van der Waals surface area contributed by atoms with Crippen molar-refractivity contribution in [2.24, 2.45) is 0 Å². The summed E-state index contributed by atoms with van der Waals surface area (Å²) in [5.41, 5.74) is 3.20. The lowest BCUT2D eigenvalue weighted by atomic mass is 10.1. The molecule has 45 heavy (non-hydrogen) atoms. The van der Waals surface area contributed by atoms with Crippen LogP contribution in [0.3, 0.4) is 0 Å². The van der Waals surface area contributed by atoms with Crippen LogP contribution in [0.2, 0.25) is 0 Å². The molecule has 1 unspecified atom stereocenters. The Hall–Kier alpha value is -5.48. The van der Waals surface area contributed by atoms with Gasteiger partial charge >= 0.3 is 0 Å². The number of H-pyrrole nitrogens is 1. The molecule has 10 heteroatoms. The summed E-state index contributed by atoms with van der Waals surface area (Å²) in [6.07, 6.45) is 3.42. The Balaban J connectivity index is 1.31. The molecule has 4 N–H and O–H groups in total. The van der Waals surface area contributed by atoms with E-state index in [9.17, 15) is 14.4 Å². The van der Waals surface area contributed by atoms with Gasteiger partial charge in [-0.15, -0.1) is 11.8 Å². The van der Waals surface area contributed by atoms with Crippen LogP contribution in [0, 0.1) is 0 Å². The number of amides is 3. The van der Waals surface area contributed by atoms with Crippen LogP contribution >= 0.6 is 11.8 Å². The lowest BCUT2D eigenvalue weighted by molar-refractivity contribution is -0.115. The molecular weight excluding hydrogens is 588 g/mol. The van der Waals surface area contributed by atoms with Crippen molar-refractivity contribution in [3.63, 3.8) is 0 Å². The van der Waals surface area contributed by atoms with Crippen LogP contribution in [0.4, 0.5) is 11.4 Å². The van der Waals surface area contributed by atoms with Crippen molar-refractivity contribution in [3.8, 4) is 11.5 Å². The first-order valence-electron chi connectivity index (χ1n) is 14.1. The summed E-state index contributed by atoms with van der Waals surface area (Å²) in [4.78, 5) is 43.5. The zero-order valence-corrected chi connectivity index (χ0v) is 25.7. The summed E-state index contributed by atoms with van der Waals surface area (Å²) in [5, 5.41) is 9.22. The summed E-state index contributed by atoms with van der Waals surface area (Å²) in [6, 6.07) is 28.7. The molecule has 0 bridgehead atoms. The average molecular weight is 621 g/mol. The molecule has 5 aromatic rings. The van der Waals surface area contributed by atoms with Crippen molar-refractivity contribution in [2.75, 3.05) is 24.9 Å². The molecule has 0 saturated heterocycles. The van der Waals surface area contributed by atoms with Gasteiger partial charge in [-0.3, -0.25) is 14.4 Å². The fourth-order valence-electron chi connectivity index (χ4n) is 4.52. The summed E-state index contributed by atoms with van der Waals surface area (Å²) < 4.78 is 10.7. The van der Waals surface area contributed by atoms with Gasteiger partial charge < -0.3 is 30.4 Å². The Kier molecular flexibility index (Phi) is 9.86. The number of ether oxygens (including phenoxy) is 2. The van der Waals surface area contributed by atoms with Crippen molar-refractivity contribution in [1.29, 1.82) is 0 Å². The highest BCUT2D eigenvalue weighted by atomic mass is 32.2. The maximum atomic E-state index is 13.6. The van der Waals surface area contributed by atoms with Crippen LogP contribution in [0.15, 0.2) is 114 Å². The van der Waals surface area contributed by atoms with Crippen LogP contribution in [0.5, 0.6) is 11.5 Å². The highest BCUT2D eigenvalue weighted by Gasteiger charge is 2.18. The Morgan fingerprint density at radius 3 is 2.36 bits per heavy atom. The van der Waals surface area contributed by atoms with E-state index in [1.54, 1.807) is 66.7 Å². The van der Waals surface area contributed by atoms with Crippen molar-refractivity contribution >= 4 is 57.8 Å². The minimum Gasteiger partial charge on any atom is -0.493 e. The van der Waals surface area contributed by atoms with E-state index >= 15 is 0 Å². The first-order valence-corrected chi connectivity index (χ1v) is 15.0. The molecule has 0 aliphatic carbocycles. The van der Waals surface area contributed by atoms with Gasteiger partial charge in [0.1, 0.15) is 5.70 Å². The Morgan fingerprint density at radius 1 is 0.800 bits per heavy atom. The standard InChI is InChI=1S/C35H32N4O5S/c1-22(33(40)37-27-14-13-24-16-17-36-29(24)21-27)45-28-11-7-10-26(20-28)38-35(42)30(39-34(41)25-8-5-4-6-9-25)18-23-12-15-31(43-2)32(19-23)44-3/h4-22,36H,1-3H3,(H,37,40)(H,38,42)(H,39,41)/b30-18+. The summed E-state index contributed by atoms with van der Waals surface area (Å²) >= 11 is 1.36. The van der Waals surface area contributed by atoms with Crippen molar-refractivity contribution < 1.29 is 23.9 Å². The van der Waals surface area contributed by atoms with Crippen LogP contribution in [0.1, 0.15) is 22.8 Å². The number of benzene rings is 4. The van der Waals surface area contributed by atoms with Gasteiger partial charge in [0.2, 0.25) is 5.91 Å². The van der Waals surface area contributed by atoms with Gasteiger partial charge in [-0.25, -0.2) is 0 Å². The third-order valence-electron chi connectivity index (χ3n) is 6.84. The number of hydrogen-bond donors (Lipinski definition) is 4. The minimum absolute atomic E-state index is 0.0286. The molecule has 0 saturated carbocycles. The van der Waals surface area contributed by atoms with Gasteiger partial charge in [-0.05, 0) is 84.6 Å². The van der Waals surface area contributed by atoms with Crippen molar-refractivity contribution in [1.82, 2.24) is 10.3 Å². The molecule has 0 aliphatic rings. The number of nitrogens with one attached hydrogen (secondary N) is 4. The van der Waals surface area contributed by atoms with Gasteiger partial charge in [0.15, 0.2) is 11.5 Å². The lowest BCUT2D eigenvalue weighted by Gasteiger charge is -2.14. The minimum atomic E-state index is -0.526. The fourth-order valence-corrected chi connectivity index (χ4v) is 5.45. The second kappa shape index (κ2) is 14.3. The zero-order valence-electron chi connectivity index (χ0n) is 24.9. The van der Waals surface area contributed by atoms with E-state index in [2.05, 4.69) is 20.9 Å². The Bertz CT molecular complexity index is 1870. The SMILES string of the molecule is COc1ccc(/C=C(/NC(=O)c2ccccc2)C(=O)Nc2cccc(SC(C)C(=O)Nc3ccc4cc[nH]c4c3)c2)cc1OC. The Labute approximate surface area is 265 Å². The molecule has 1 atom stereocenters. The van der Waals surface area contributed by atoms with Crippen LogP contribution in [-0.4, -0.2) is 42.2 Å². The monoisotopic (exact) mass is 620 g/mol. The molecule has 5 rings (SSSR count). The Morgan fingerprint density at radius 2 is 1.58 bits per heavy atom. The maximum absolute atomic E-state index is 13.6. The largest absolute Gasteiger partial charge is 0.493 e. The van der Waals surface area contributed by atoms with Gasteiger partial charge in [-0.2, -0.15) is 0 Å². The molecule has 1 aromatic heterocycles. The quantitative estimate of drug-likeness (QED) is 0.0962. The van der Waals surface area contributed by atoms with Crippen molar-refractivity contribution in [2.45, 2.75) is 17.1 Å². The topological polar surface area (TPSA) is 122 Å². The third-order valence-corrected chi connectivity index (χ3v) is 7.94. The fraction of sp³-hybridized carbons (Fsp3) is 0.114. The summed E-state index contributed by atoms with van der Waals surface area (Å²) in [5.74, 6) is -0.0937. The number of thioether (sulfide) groups is 1. The predicted octanol–water partition coefficient (Wildman–Crippen LogP) is 6.71. The molecule has 228 valence electrons. The van der Waals surface area contributed by atoms with E-state index in [-0.39, 0.29) is 11.6 Å². The number of hydrogen-bond acceptors (Lipinski definition) is 6. The summed E-state index contributed by atoms with van der Waals surface area (Å²) in [6.45, 7) is 1.82. The highest BCUT2D eigenvalue weighted by molar-refractivity contribution is 8.00. The second-order valence-electron chi connectivity index (χ2n) is 10.0. The zero-order chi connectivity index (χ0) is 31.8. The number of carbonyl (C=O) groups excluding carboxylic acids is 3. The third kappa shape index (κ3) is 7.92. The molecule has 0 fully saturated rings. The van der Waals surface area contributed by atoms with E-state index in [1.165, 1.54) is 26.0 Å². The number of anilines is 2. The molecule has 9 nitrogen and oxygen atoms in total. The van der Waals surface area contributed by atoms with E-state index < -0.39 is 17.1 Å². The van der Waals surface area contributed by atoms with E-state index in [1.807, 2.05) is 49.5 Å². The first kappa shape index (κ1) is 31.0.